The number of nitrogens with one attached hydrogen (secondary N) is 1. The van der Waals surface area contributed by atoms with Crippen LogP contribution in [0, 0.1) is 5.92 Å². The molecule has 1 rings (SSSR count). The number of carbonyl (C=O) groups is 2. The number of carboxylic acid groups (broad SMARTS) is 1. The average Bonchev–Trinajstić information content (AvgIpc) is 2.40. The molecule has 0 aliphatic heterocycles. The van der Waals surface area contributed by atoms with Gasteiger partial charge in [-0.25, -0.2) is 4.79 Å². The number of hydrogen-bond acceptors (Lipinski definition) is 5. The number of amides is 1. The summed E-state index contributed by atoms with van der Waals surface area (Å²) in [5, 5.41) is 30.1. The van der Waals surface area contributed by atoms with Crippen molar-refractivity contribution < 1.29 is 24.9 Å². The number of rotatable bonds is 6. The molecule has 7 heteroatoms. The summed E-state index contributed by atoms with van der Waals surface area (Å²) < 4.78 is 0. The highest BCUT2D eigenvalue weighted by Gasteiger charge is 2.23. The summed E-state index contributed by atoms with van der Waals surface area (Å²) >= 11 is 3.98. The Kier molecular flexibility index (Phi) is 5.69. The molecule has 6 nitrogen and oxygen atoms in total. The van der Waals surface area contributed by atoms with E-state index in [1.54, 1.807) is 6.92 Å². The zero-order valence-electron chi connectivity index (χ0n) is 10.9. The Morgan fingerprint density at radius 1 is 1.30 bits per heavy atom. The molecule has 110 valence electrons. The maximum Gasteiger partial charge on any atom is 0.326 e. The summed E-state index contributed by atoms with van der Waals surface area (Å²) in [6, 6.07) is 2.91. The minimum absolute atomic E-state index is 0.00814. The van der Waals surface area contributed by atoms with Crippen molar-refractivity contribution in [3.63, 3.8) is 0 Å². The van der Waals surface area contributed by atoms with Gasteiger partial charge in [-0.05, 0) is 17.7 Å². The number of carboxylic acids is 1. The zero-order chi connectivity index (χ0) is 15.3. The second kappa shape index (κ2) is 7.04. The van der Waals surface area contributed by atoms with E-state index in [-0.39, 0.29) is 17.9 Å². The topological polar surface area (TPSA) is 107 Å². The molecule has 0 fully saturated rings. The van der Waals surface area contributed by atoms with Crippen LogP contribution in [-0.4, -0.2) is 39.0 Å². The van der Waals surface area contributed by atoms with Gasteiger partial charge in [-0.1, -0.05) is 13.0 Å². The van der Waals surface area contributed by atoms with Gasteiger partial charge in [0.25, 0.3) is 0 Å². The molecule has 0 spiro atoms. The van der Waals surface area contributed by atoms with Crippen molar-refractivity contribution in [3.8, 4) is 11.5 Å². The van der Waals surface area contributed by atoms with Crippen LogP contribution in [0.5, 0.6) is 11.5 Å². The molecule has 0 aliphatic rings. The van der Waals surface area contributed by atoms with Crippen LogP contribution in [0.2, 0.25) is 0 Å². The predicted molar refractivity (Wildman–Crippen MR) is 76.1 cm³/mol. The Labute approximate surface area is 121 Å². The Bertz CT molecular complexity index is 506. The fourth-order valence-electron chi connectivity index (χ4n) is 1.53. The molecule has 1 amide bonds. The quantitative estimate of drug-likeness (QED) is 0.394. The van der Waals surface area contributed by atoms with Crippen LogP contribution in [0.1, 0.15) is 12.5 Å². The molecule has 20 heavy (non-hydrogen) atoms. The molecule has 1 unspecified atom stereocenters. The molecule has 1 aromatic carbocycles. The maximum absolute atomic E-state index is 11.7. The third-order valence-corrected chi connectivity index (χ3v) is 3.36. The molecule has 0 radical (unpaired) electrons. The monoisotopic (exact) mass is 299 g/mol. The molecule has 0 aromatic heterocycles. The van der Waals surface area contributed by atoms with Gasteiger partial charge in [0.1, 0.15) is 6.04 Å². The molecule has 0 saturated heterocycles. The van der Waals surface area contributed by atoms with Crippen molar-refractivity contribution in [1.82, 2.24) is 5.32 Å². The summed E-state index contributed by atoms with van der Waals surface area (Å²) in [5.41, 5.74) is 0.492. The molecule has 0 saturated carbocycles. The molecule has 1 aromatic rings. The fraction of sp³-hybridized carbons (Fsp3) is 0.385. The summed E-state index contributed by atoms with van der Waals surface area (Å²) in [6.07, 6.45) is 0.00814. The molecule has 0 bridgehead atoms. The minimum Gasteiger partial charge on any atom is -0.504 e. The van der Waals surface area contributed by atoms with E-state index >= 15 is 0 Å². The lowest BCUT2D eigenvalue weighted by Crippen LogP contribution is -2.44. The van der Waals surface area contributed by atoms with E-state index in [0.29, 0.717) is 11.3 Å². The lowest BCUT2D eigenvalue weighted by Gasteiger charge is -2.17. The van der Waals surface area contributed by atoms with Gasteiger partial charge in [-0.15, -0.1) is 0 Å². The van der Waals surface area contributed by atoms with Gasteiger partial charge in [0.05, 0.1) is 0 Å². The first-order valence-electron chi connectivity index (χ1n) is 6.00. The van der Waals surface area contributed by atoms with E-state index in [4.69, 9.17) is 5.11 Å². The van der Waals surface area contributed by atoms with Crippen molar-refractivity contribution in [1.29, 1.82) is 0 Å². The highest BCUT2D eigenvalue weighted by Crippen LogP contribution is 2.25. The number of aliphatic carboxylic acids is 1. The number of phenols is 2. The van der Waals surface area contributed by atoms with Crippen LogP contribution in [0.25, 0.3) is 0 Å². The van der Waals surface area contributed by atoms with E-state index in [1.807, 2.05) is 0 Å². The first-order valence-corrected chi connectivity index (χ1v) is 6.63. The molecule has 2 atom stereocenters. The summed E-state index contributed by atoms with van der Waals surface area (Å²) in [5.74, 6) is -2.26. The zero-order valence-corrected chi connectivity index (χ0v) is 11.8. The molecular weight excluding hydrogens is 282 g/mol. The second-order valence-corrected chi connectivity index (χ2v) is 4.88. The summed E-state index contributed by atoms with van der Waals surface area (Å²) in [4.78, 5) is 22.8. The van der Waals surface area contributed by atoms with Gasteiger partial charge < -0.3 is 20.6 Å². The number of phenolic OH excluding ortho intramolecular Hbond substituents is 2. The van der Waals surface area contributed by atoms with Gasteiger partial charge in [0, 0.05) is 18.1 Å². The third kappa shape index (κ3) is 4.34. The SMILES string of the molecule is CC(CS)C(=O)N[C@@H](Cc1ccc(O)c(O)c1)C(=O)O. The van der Waals surface area contributed by atoms with Gasteiger partial charge in [0.2, 0.25) is 5.91 Å². The summed E-state index contributed by atoms with van der Waals surface area (Å²) in [7, 11) is 0. The number of hydrogen-bond donors (Lipinski definition) is 5. The summed E-state index contributed by atoms with van der Waals surface area (Å²) in [6.45, 7) is 1.65. The van der Waals surface area contributed by atoms with Gasteiger partial charge >= 0.3 is 5.97 Å². The molecule has 0 heterocycles. The number of aromatic hydroxyl groups is 2. The smallest absolute Gasteiger partial charge is 0.326 e. The maximum atomic E-state index is 11.7. The Morgan fingerprint density at radius 3 is 2.45 bits per heavy atom. The number of thiol groups is 1. The second-order valence-electron chi connectivity index (χ2n) is 4.51. The number of carbonyl (C=O) groups excluding carboxylic acids is 1. The highest BCUT2D eigenvalue weighted by molar-refractivity contribution is 7.80. The Morgan fingerprint density at radius 2 is 1.95 bits per heavy atom. The predicted octanol–water partition coefficient (Wildman–Crippen LogP) is 0.776. The largest absolute Gasteiger partial charge is 0.504 e. The van der Waals surface area contributed by atoms with Crippen molar-refractivity contribution in [2.45, 2.75) is 19.4 Å². The van der Waals surface area contributed by atoms with Gasteiger partial charge in [-0.3, -0.25) is 4.79 Å². The van der Waals surface area contributed by atoms with E-state index < -0.39 is 23.8 Å². The molecular formula is C13H17NO5S. The van der Waals surface area contributed by atoms with Crippen molar-refractivity contribution >= 4 is 24.5 Å². The van der Waals surface area contributed by atoms with E-state index in [0.717, 1.165) is 0 Å². The van der Waals surface area contributed by atoms with Gasteiger partial charge in [0.15, 0.2) is 11.5 Å². The van der Waals surface area contributed by atoms with Crippen LogP contribution in [0.15, 0.2) is 18.2 Å². The first kappa shape index (κ1) is 16.2. The Hall–Kier alpha value is -1.89. The lowest BCUT2D eigenvalue weighted by molar-refractivity contribution is -0.142. The third-order valence-electron chi connectivity index (χ3n) is 2.82. The van der Waals surface area contributed by atoms with Crippen LogP contribution < -0.4 is 5.32 Å². The van der Waals surface area contributed by atoms with Crippen LogP contribution in [0.4, 0.5) is 0 Å². The van der Waals surface area contributed by atoms with E-state index in [9.17, 15) is 19.8 Å². The van der Waals surface area contributed by atoms with E-state index in [2.05, 4.69) is 17.9 Å². The van der Waals surface area contributed by atoms with Crippen molar-refractivity contribution in [2.75, 3.05) is 5.75 Å². The van der Waals surface area contributed by atoms with Crippen LogP contribution in [-0.2, 0) is 16.0 Å². The standard InChI is InChI=1S/C13H17NO5S/c1-7(6-20)12(17)14-9(13(18)19)4-8-2-3-10(15)11(16)5-8/h2-3,5,7,9,15-16,20H,4,6H2,1H3,(H,14,17)(H,18,19)/t7?,9-/m0/s1. The minimum atomic E-state index is -1.17. The van der Waals surface area contributed by atoms with Crippen LogP contribution >= 0.6 is 12.6 Å². The fourth-order valence-corrected chi connectivity index (χ4v) is 1.69. The highest BCUT2D eigenvalue weighted by atomic mass is 32.1. The normalized spacial score (nSPS) is 13.5. The first-order chi connectivity index (χ1) is 9.35. The molecule has 4 N–H and O–H groups in total. The lowest BCUT2D eigenvalue weighted by atomic mass is 10.0. The van der Waals surface area contributed by atoms with Crippen LogP contribution in [0.3, 0.4) is 0 Å². The van der Waals surface area contributed by atoms with Gasteiger partial charge in [-0.2, -0.15) is 12.6 Å². The Balaban J connectivity index is 2.79. The van der Waals surface area contributed by atoms with E-state index in [1.165, 1.54) is 18.2 Å². The molecule has 0 aliphatic carbocycles. The average molecular weight is 299 g/mol. The number of benzene rings is 1. The van der Waals surface area contributed by atoms with Crippen molar-refractivity contribution in [2.24, 2.45) is 5.92 Å². The van der Waals surface area contributed by atoms with Crippen molar-refractivity contribution in [3.05, 3.63) is 23.8 Å².